The van der Waals surface area contributed by atoms with Gasteiger partial charge in [0, 0.05) is 46.3 Å². The number of ether oxygens (including phenoxy) is 4. The molecule has 2 aliphatic heterocycles. The van der Waals surface area contributed by atoms with Crippen LogP contribution in [0.3, 0.4) is 0 Å². The maximum absolute atomic E-state index is 7.69. The van der Waals surface area contributed by atoms with Gasteiger partial charge in [-0.05, 0) is 94.9 Å². The number of anilines is 1. The molecule has 0 spiro atoms. The number of benzene rings is 6. The molecule has 2 heterocycles. The Hall–Kier alpha value is -5.52. The van der Waals surface area contributed by atoms with Gasteiger partial charge in [0.1, 0.15) is 5.75 Å². The van der Waals surface area contributed by atoms with Crippen LogP contribution in [0.2, 0.25) is 0 Å². The molecule has 0 radical (unpaired) electrons. The molecule has 1 saturated heterocycles. The van der Waals surface area contributed by atoms with Crippen molar-refractivity contribution < 1.29 is 18.9 Å². The number of methoxy groups -OCH3 is 2. The fourth-order valence-electron chi connectivity index (χ4n) is 9.35. The second-order valence-corrected chi connectivity index (χ2v) is 14.8. The first-order valence-corrected chi connectivity index (χ1v) is 19.3. The number of hydrogen-bond acceptors (Lipinski definition) is 5. The lowest BCUT2D eigenvalue weighted by Crippen LogP contribution is -2.37. The molecule has 0 bridgehead atoms. The van der Waals surface area contributed by atoms with Crippen molar-refractivity contribution in [2.75, 3.05) is 45.4 Å². The van der Waals surface area contributed by atoms with E-state index in [-0.39, 0.29) is 5.41 Å². The Kier molecular flexibility index (Phi) is 8.50. The zero-order valence-electron chi connectivity index (χ0n) is 31.9. The van der Waals surface area contributed by atoms with E-state index in [1.54, 1.807) is 14.2 Å². The smallest absolute Gasteiger partial charge is 0.178 e. The monoisotopic (exact) mass is 713 g/mol. The van der Waals surface area contributed by atoms with Crippen molar-refractivity contribution >= 4 is 22.5 Å². The Morgan fingerprint density at radius 1 is 0.704 bits per heavy atom. The highest BCUT2D eigenvalue weighted by Gasteiger charge is 2.47. The number of nitrogens with zero attached hydrogens (tertiary/aromatic N) is 1. The van der Waals surface area contributed by atoms with Crippen LogP contribution in [0.15, 0.2) is 115 Å². The molecule has 54 heavy (non-hydrogen) atoms. The van der Waals surface area contributed by atoms with Crippen molar-refractivity contribution in [3.05, 3.63) is 149 Å². The summed E-state index contributed by atoms with van der Waals surface area (Å²) in [6.07, 6.45) is 6.55. The zero-order valence-corrected chi connectivity index (χ0v) is 31.9. The van der Waals surface area contributed by atoms with Gasteiger partial charge in [0.15, 0.2) is 17.1 Å². The van der Waals surface area contributed by atoms with E-state index < -0.39 is 5.60 Å². The maximum Gasteiger partial charge on any atom is 0.178 e. The fraction of sp³-hybridized carbons (Fsp3) is 0.265. The largest absolute Gasteiger partial charge is 0.493 e. The highest BCUT2D eigenvalue weighted by molar-refractivity contribution is 6.10. The summed E-state index contributed by atoms with van der Waals surface area (Å²) in [6, 6.07) is 39.8. The minimum atomic E-state index is -0.869. The summed E-state index contributed by atoms with van der Waals surface area (Å²) in [5.74, 6) is 2.25. The van der Waals surface area contributed by atoms with Gasteiger partial charge in [-0.1, -0.05) is 104 Å². The van der Waals surface area contributed by atoms with E-state index in [2.05, 4.69) is 147 Å². The Morgan fingerprint density at radius 2 is 1.35 bits per heavy atom. The van der Waals surface area contributed by atoms with Gasteiger partial charge in [-0.15, -0.1) is 0 Å². The summed E-state index contributed by atoms with van der Waals surface area (Å²) in [5.41, 5.74) is 12.3. The second-order valence-electron chi connectivity index (χ2n) is 14.8. The van der Waals surface area contributed by atoms with Crippen LogP contribution >= 0.6 is 0 Å². The Labute approximate surface area is 318 Å². The summed E-state index contributed by atoms with van der Waals surface area (Å²) in [6.45, 7) is 10.1. The van der Waals surface area contributed by atoms with Gasteiger partial charge in [-0.2, -0.15) is 0 Å². The van der Waals surface area contributed by atoms with Gasteiger partial charge in [0.05, 0.1) is 27.4 Å². The summed E-state index contributed by atoms with van der Waals surface area (Å²) >= 11 is 0. The van der Waals surface area contributed by atoms with Crippen LogP contribution in [0.25, 0.3) is 39.1 Å². The standard InChI is InChI=1S/C49H47NO4/c1-6-48(7-2)42-29-34(33-11-9-8-10-12-33)15-22-38(42)45-40-30-43(51-4)44(52-5)31-41(40)47-39(46(45)48)23-24-49(54-47,35-16-13-32(3)14-17-35)36-18-20-37(21-19-36)50-25-27-53-28-26-50/h8-24,29-31H,6-7,25-28H2,1-5H3. The highest BCUT2D eigenvalue weighted by Crippen LogP contribution is 2.61. The lowest BCUT2D eigenvalue weighted by Gasteiger charge is -2.39. The topological polar surface area (TPSA) is 40.2 Å². The number of rotatable bonds is 8. The van der Waals surface area contributed by atoms with Gasteiger partial charge in [-0.25, -0.2) is 0 Å². The third-order valence-corrected chi connectivity index (χ3v) is 12.3. The molecule has 0 saturated carbocycles. The normalized spacial score (nSPS) is 18.1. The fourth-order valence-corrected chi connectivity index (χ4v) is 9.35. The predicted molar refractivity (Wildman–Crippen MR) is 220 cm³/mol. The molecule has 1 fully saturated rings. The van der Waals surface area contributed by atoms with Gasteiger partial charge in [0.25, 0.3) is 0 Å². The first-order valence-electron chi connectivity index (χ1n) is 19.3. The van der Waals surface area contributed by atoms with E-state index in [1.807, 2.05) is 0 Å². The van der Waals surface area contributed by atoms with Crippen molar-refractivity contribution in [2.45, 2.75) is 44.6 Å². The Bertz CT molecular complexity index is 2390. The van der Waals surface area contributed by atoms with E-state index in [9.17, 15) is 0 Å². The summed E-state index contributed by atoms with van der Waals surface area (Å²) in [4.78, 5) is 2.39. The molecule has 0 amide bonds. The quantitative estimate of drug-likeness (QED) is 0.157. The zero-order chi connectivity index (χ0) is 37.0. The van der Waals surface area contributed by atoms with Gasteiger partial charge in [-0.3, -0.25) is 0 Å². The average Bonchev–Trinajstić information content (AvgIpc) is 3.54. The molecule has 1 atom stereocenters. The number of fused-ring (bicyclic) bond motifs is 8. The van der Waals surface area contributed by atoms with Gasteiger partial charge < -0.3 is 23.8 Å². The molecule has 0 aromatic heterocycles. The molecule has 0 N–H and O–H groups in total. The molecular formula is C49H47NO4. The van der Waals surface area contributed by atoms with Crippen LogP contribution < -0.4 is 19.1 Å². The van der Waals surface area contributed by atoms with Crippen molar-refractivity contribution in [3.8, 4) is 39.5 Å². The Morgan fingerprint density at radius 3 is 2.00 bits per heavy atom. The molecule has 1 aliphatic carbocycles. The highest BCUT2D eigenvalue weighted by atomic mass is 16.5. The minimum Gasteiger partial charge on any atom is -0.493 e. The van der Waals surface area contributed by atoms with E-state index >= 15 is 0 Å². The third kappa shape index (κ3) is 5.16. The molecule has 6 aromatic carbocycles. The lowest BCUT2D eigenvalue weighted by atomic mass is 9.70. The van der Waals surface area contributed by atoms with Gasteiger partial charge in [0.2, 0.25) is 0 Å². The SMILES string of the molecule is CCC1(CC)c2cc(-c3ccccc3)ccc2-c2c1c1c(c3cc(OC)c(OC)cc23)OC(c2ccc(C)cc2)(c2ccc(N3CCOCC3)cc2)C=C1. The van der Waals surface area contributed by atoms with Crippen molar-refractivity contribution in [1.82, 2.24) is 0 Å². The van der Waals surface area contributed by atoms with Crippen LogP contribution in [0, 0.1) is 6.92 Å². The van der Waals surface area contributed by atoms with Crippen LogP contribution in [0.1, 0.15) is 60.1 Å². The van der Waals surface area contributed by atoms with E-state index in [0.717, 1.165) is 72.4 Å². The number of hydrogen-bond donors (Lipinski definition) is 0. The summed E-state index contributed by atoms with van der Waals surface area (Å²) in [7, 11) is 3.42. The molecule has 5 nitrogen and oxygen atoms in total. The average molecular weight is 714 g/mol. The predicted octanol–water partition coefficient (Wildman–Crippen LogP) is 11.1. The number of morpholine rings is 1. The minimum absolute atomic E-state index is 0.224. The van der Waals surface area contributed by atoms with Crippen molar-refractivity contribution in [1.29, 1.82) is 0 Å². The Balaban J connectivity index is 1.31. The van der Waals surface area contributed by atoms with Crippen LogP contribution in [0.5, 0.6) is 17.2 Å². The van der Waals surface area contributed by atoms with E-state index in [4.69, 9.17) is 18.9 Å². The summed E-state index contributed by atoms with van der Waals surface area (Å²) in [5, 5.41) is 2.11. The van der Waals surface area contributed by atoms with Crippen LogP contribution in [-0.4, -0.2) is 40.5 Å². The molecule has 5 heteroatoms. The summed E-state index contributed by atoms with van der Waals surface area (Å²) < 4.78 is 25.3. The van der Waals surface area contributed by atoms with E-state index in [0.29, 0.717) is 11.5 Å². The molecule has 3 aliphatic rings. The second kappa shape index (κ2) is 13.4. The maximum atomic E-state index is 7.69. The number of aryl methyl sites for hydroxylation is 1. The molecule has 272 valence electrons. The van der Waals surface area contributed by atoms with Crippen LogP contribution in [0.4, 0.5) is 5.69 Å². The van der Waals surface area contributed by atoms with Crippen molar-refractivity contribution in [3.63, 3.8) is 0 Å². The lowest BCUT2D eigenvalue weighted by molar-refractivity contribution is 0.122. The third-order valence-electron chi connectivity index (χ3n) is 12.3. The molecular weight excluding hydrogens is 667 g/mol. The molecule has 9 rings (SSSR count). The van der Waals surface area contributed by atoms with E-state index in [1.165, 1.54) is 44.6 Å². The van der Waals surface area contributed by atoms with Gasteiger partial charge >= 0.3 is 0 Å². The molecule has 1 unspecified atom stereocenters. The van der Waals surface area contributed by atoms with Crippen LogP contribution in [-0.2, 0) is 15.8 Å². The molecule has 6 aromatic rings. The first kappa shape index (κ1) is 34.3. The van der Waals surface area contributed by atoms with Crippen molar-refractivity contribution in [2.24, 2.45) is 0 Å². The first-order chi connectivity index (χ1) is 26.4.